The van der Waals surface area contributed by atoms with Crippen molar-refractivity contribution in [3.63, 3.8) is 0 Å². The third-order valence-electron chi connectivity index (χ3n) is 4.45. The van der Waals surface area contributed by atoms with Gasteiger partial charge in [0.15, 0.2) is 5.82 Å². The summed E-state index contributed by atoms with van der Waals surface area (Å²) in [6.45, 7) is 1.95. The van der Waals surface area contributed by atoms with E-state index >= 15 is 0 Å². The number of hydrogen-bond donors (Lipinski definition) is 1. The van der Waals surface area contributed by atoms with Crippen LogP contribution >= 0.6 is 11.3 Å². The zero-order valence-electron chi connectivity index (χ0n) is 14.8. The Kier molecular flexibility index (Phi) is 4.40. The molecule has 3 heterocycles. The van der Waals surface area contributed by atoms with E-state index in [4.69, 9.17) is 5.26 Å². The van der Waals surface area contributed by atoms with Crippen LogP contribution in [0, 0.1) is 18.3 Å². The number of aromatic nitrogens is 3. The molecule has 3 aromatic heterocycles. The van der Waals surface area contributed by atoms with Gasteiger partial charge in [0.2, 0.25) is 0 Å². The van der Waals surface area contributed by atoms with Gasteiger partial charge in [-0.05, 0) is 24.6 Å². The number of thiophene rings is 1. The van der Waals surface area contributed by atoms with E-state index in [2.05, 4.69) is 44.8 Å². The monoisotopic (exact) mass is 372 g/mol. The zero-order valence-corrected chi connectivity index (χ0v) is 15.7. The Balaban J connectivity index is 1.63. The summed E-state index contributed by atoms with van der Waals surface area (Å²) in [7, 11) is 1.86. The largest absolute Gasteiger partial charge is 0.339 e. The van der Waals surface area contributed by atoms with E-state index in [1.807, 2.05) is 42.8 Å². The Bertz CT molecular complexity index is 1180. The average molecular weight is 372 g/mol. The van der Waals surface area contributed by atoms with Crippen LogP contribution in [0.15, 0.2) is 53.9 Å². The minimum Gasteiger partial charge on any atom is -0.339 e. The highest BCUT2D eigenvalue weighted by atomic mass is 32.1. The fourth-order valence-electron chi connectivity index (χ4n) is 2.81. The first-order valence-electron chi connectivity index (χ1n) is 8.33. The number of fused-ring (bicyclic) bond motifs is 1. The van der Waals surface area contributed by atoms with Gasteiger partial charge in [0, 0.05) is 23.2 Å². The second-order valence-corrected chi connectivity index (χ2v) is 7.06. The van der Waals surface area contributed by atoms with E-state index in [0.29, 0.717) is 11.5 Å². The van der Waals surface area contributed by atoms with Crippen molar-refractivity contribution in [1.29, 1.82) is 5.26 Å². The van der Waals surface area contributed by atoms with E-state index in [0.717, 1.165) is 31.9 Å². The summed E-state index contributed by atoms with van der Waals surface area (Å²) >= 11 is 1.62. The van der Waals surface area contributed by atoms with Crippen LogP contribution in [0.1, 0.15) is 17.0 Å². The number of hydrazone groups is 1. The molecule has 0 atom stereocenters. The number of rotatable bonds is 4. The van der Waals surface area contributed by atoms with Gasteiger partial charge in [0.05, 0.1) is 11.6 Å². The second kappa shape index (κ2) is 7.02. The summed E-state index contributed by atoms with van der Waals surface area (Å²) < 4.78 is 1.84. The van der Waals surface area contributed by atoms with Crippen LogP contribution in [0.25, 0.3) is 20.7 Å². The lowest BCUT2D eigenvalue weighted by molar-refractivity contribution is 0.865. The Morgan fingerprint density at radius 3 is 2.78 bits per heavy atom. The first-order valence-corrected chi connectivity index (χ1v) is 9.14. The summed E-state index contributed by atoms with van der Waals surface area (Å²) in [6, 6.07) is 16.3. The maximum atomic E-state index is 9.13. The number of anilines is 1. The Hall–Kier alpha value is -3.50. The Morgan fingerprint density at radius 1 is 1.22 bits per heavy atom. The summed E-state index contributed by atoms with van der Waals surface area (Å²) in [5, 5.41) is 14.4. The maximum absolute atomic E-state index is 9.13. The highest BCUT2D eigenvalue weighted by Gasteiger charge is 2.10. The number of nitrogens with one attached hydrogen (secondary N) is 1. The molecule has 132 valence electrons. The molecule has 0 amide bonds. The highest BCUT2D eigenvalue weighted by molar-refractivity contribution is 7.21. The van der Waals surface area contributed by atoms with Crippen LogP contribution < -0.4 is 5.43 Å². The number of nitrogens with zero attached hydrogens (tertiary/aromatic N) is 5. The summed E-state index contributed by atoms with van der Waals surface area (Å²) in [5.41, 5.74) is 6.63. The van der Waals surface area contributed by atoms with Crippen LogP contribution in [-0.4, -0.2) is 20.7 Å². The van der Waals surface area contributed by atoms with E-state index in [9.17, 15) is 0 Å². The van der Waals surface area contributed by atoms with E-state index in [1.54, 1.807) is 17.6 Å². The molecular formula is C20H16N6S. The molecule has 0 aliphatic rings. The highest BCUT2D eigenvalue weighted by Crippen LogP contribution is 2.34. The molecule has 0 aliphatic heterocycles. The molecule has 0 unspecified atom stereocenters. The Labute approximate surface area is 160 Å². The zero-order chi connectivity index (χ0) is 18.8. The van der Waals surface area contributed by atoms with Gasteiger partial charge in [-0.3, -0.25) is 5.43 Å². The minimum atomic E-state index is 0.601. The number of hydrogen-bond acceptors (Lipinski definition) is 6. The van der Waals surface area contributed by atoms with Crippen LogP contribution in [0.5, 0.6) is 0 Å². The van der Waals surface area contributed by atoms with Crippen molar-refractivity contribution >= 4 is 33.6 Å². The van der Waals surface area contributed by atoms with Gasteiger partial charge in [0.25, 0.3) is 0 Å². The van der Waals surface area contributed by atoms with Gasteiger partial charge in [-0.25, -0.2) is 9.97 Å². The van der Waals surface area contributed by atoms with Crippen molar-refractivity contribution in [2.45, 2.75) is 6.92 Å². The van der Waals surface area contributed by atoms with E-state index < -0.39 is 0 Å². The number of nitriles is 1. The average Bonchev–Trinajstić information content (AvgIpc) is 3.26. The van der Waals surface area contributed by atoms with E-state index in [-0.39, 0.29) is 0 Å². The normalized spacial score (nSPS) is 11.1. The lowest BCUT2D eigenvalue weighted by atomic mass is 10.2. The molecule has 0 fully saturated rings. The van der Waals surface area contributed by atoms with Crippen LogP contribution in [0.3, 0.4) is 0 Å². The fraction of sp³-hybridized carbons (Fsp3) is 0.100. The van der Waals surface area contributed by atoms with Gasteiger partial charge in [-0.2, -0.15) is 10.4 Å². The first-order chi connectivity index (χ1) is 13.2. The van der Waals surface area contributed by atoms with Gasteiger partial charge < -0.3 is 4.57 Å². The van der Waals surface area contributed by atoms with Crippen LogP contribution in [0.4, 0.5) is 5.82 Å². The molecular weight excluding hydrogens is 356 g/mol. The molecule has 27 heavy (non-hydrogen) atoms. The summed E-state index contributed by atoms with van der Waals surface area (Å²) in [4.78, 5) is 10.7. The molecule has 0 radical (unpaired) electrons. The third-order valence-corrected chi connectivity index (χ3v) is 5.54. The topological polar surface area (TPSA) is 78.9 Å². The van der Waals surface area contributed by atoms with Crippen molar-refractivity contribution in [3.05, 3.63) is 65.7 Å². The van der Waals surface area contributed by atoms with Crippen molar-refractivity contribution < 1.29 is 0 Å². The fourth-order valence-corrected chi connectivity index (χ4v) is 3.82. The van der Waals surface area contributed by atoms with Gasteiger partial charge in [0.1, 0.15) is 22.9 Å². The quantitative estimate of drug-likeness (QED) is 0.427. The molecule has 0 aliphatic carbocycles. The van der Waals surface area contributed by atoms with Crippen LogP contribution in [-0.2, 0) is 7.05 Å². The van der Waals surface area contributed by atoms with Crippen molar-refractivity contribution in [3.8, 4) is 16.5 Å². The molecule has 0 bridgehead atoms. The van der Waals surface area contributed by atoms with Crippen molar-refractivity contribution in [2.75, 3.05) is 5.43 Å². The van der Waals surface area contributed by atoms with E-state index in [1.165, 1.54) is 6.33 Å². The van der Waals surface area contributed by atoms with Gasteiger partial charge in [-0.15, -0.1) is 11.3 Å². The summed E-state index contributed by atoms with van der Waals surface area (Å²) in [6.07, 6.45) is 3.24. The molecule has 4 aromatic rings. The molecule has 1 aromatic carbocycles. The number of benzene rings is 1. The van der Waals surface area contributed by atoms with Gasteiger partial charge in [-0.1, -0.05) is 30.3 Å². The molecule has 4 rings (SSSR count). The second-order valence-electron chi connectivity index (χ2n) is 6.03. The molecule has 1 N–H and O–H groups in total. The Morgan fingerprint density at radius 2 is 2.04 bits per heavy atom. The molecule has 0 saturated heterocycles. The standard InChI is InChI=1S/C20H16N6S/c1-13-15(8-16(10-21)26(13)2)11-24-25-19-17-9-18(14-6-4-3-5-7-14)27-20(17)23-12-22-19/h3-9,11-12H,1-2H3,(H,22,23,25)/b24-11-. The first kappa shape index (κ1) is 16.9. The molecule has 0 spiro atoms. The van der Waals surface area contributed by atoms with Crippen LogP contribution in [0.2, 0.25) is 0 Å². The lowest BCUT2D eigenvalue weighted by Crippen LogP contribution is -1.96. The maximum Gasteiger partial charge on any atom is 0.158 e. The third kappa shape index (κ3) is 3.18. The van der Waals surface area contributed by atoms with Crippen molar-refractivity contribution in [2.24, 2.45) is 12.1 Å². The SMILES string of the molecule is Cc1c(/C=N\Nc2ncnc3sc(-c4ccccc4)cc23)cc(C#N)n1C. The molecule has 6 nitrogen and oxygen atoms in total. The van der Waals surface area contributed by atoms with Crippen molar-refractivity contribution in [1.82, 2.24) is 14.5 Å². The predicted octanol–water partition coefficient (Wildman–Crippen LogP) is 4.32. The molecule has 0 saturated carbocycles. The molecule has 7 heteroatoms. The lowest BCUT2D eigenvalue weighted by Gasteiger charge is -2.00. The summed E-state index contributed by atoms with van der Waals surface area (Å²) in [5.74, 6) is 0.656. The smallest absolute Gasteiger partial charge is 0.158 e. The van der Waals surface area contributed by atoms with Gasteiger partial charge >= 0.3 is 0 Å². The minimum absolute atomic E-state index is 0.601. The predicted molar refractivity (Wildman–Crippen MR) is 109 cm³/mol.